The van der Waals surface area contributed by atoms with Gasteiger partial charge in [-0.3, -0.25) is 0 Å². The van der Waals surface area contributed by atoms with E-state index in [1.165, 1.54) is 37.0 Å². The first-order chi connectivity index (χ1) is 8.60. The Morgan fingerprint density at radius 3 is 2.39 bits per heavy atom. The topological polar surface area (TPSA) is 15.3 Å². The molecule has 1 aromatic heterocycles. The van der Waals surface area contributed by atoms with Gasteiger partial charge in [0.05, 0.1) is 10.4 Å². The monoisotopic (exact) mass is 286 g/mol. The molecule has 0 aliphatic heterocycles. The van der Waals surface area contributed by atoms with Gasteiger partial charge in [-0.15, -0.1) is 11.3 Å². The summed E-state index contributed by atoms with van der Waals surface area (Å²) in [6, 6.07) is 4.57. The number of nitrogens with one attached hydrogen (secondary N) is 1. The summed E-state index contributed by atoms with van der Waals surface area (Å²) in [6.07, 6.45) is 6.56. The summed E-state index contributed by atoms with van der Waals surface area (Å²) in [5, 5.41) is 3.53. The molecule has 0 amide bonds. The maximum absolute atomic E-state index is 6.10. The average Bonchev–Trinajstić information content (AvgIpc) is 2.77. The predicted molar refractivity (Wildman–Crippen MR) is 80.6 cm³/mol. The normalized spacial score (nSPS) is 21.2. The van der Waals surface area contributed by atoms with Gasteiger partial charge < -0.3 is 10.2 Å². The zero-order valence-electron chi connectivity index (χ0n) is 11.5. The number of hydrogen-bond acceptors (Lipinski definition) is 3. The fourth-order valence-corrected chi connectivity index (χ4v) is 4.60. The van der Waals surface area contributed by atoms with Gasteiger partial charge in [-0.2, -0.15) is 0 Å². The second-order valence-electron chi connectivity index (χ2n) is 5.42. The number of halogens is 1. The molecule has 1 unspecified atom stereocenters. The highest BCUT2D eigenvalue weighted by atomic mass is 35.5. The summed E-state index contributed by atoms with van der Waals surface area (Å²) in [5.41, 5.74) is 0.237. The van der Waals surface area contributed by atoms with E-state index in [0.717, 1.165) is 4.34 Å². The Labute approximate surface area is 119 Å². The smallest absolute Gasteiger partial charge is 0.0931 e. The summed E-state index contributed by atoms with van der Waals surface area (Å²) in [7, 11) is 6.49. The van der Waals surface area contributed by atoms with Crippen LogP contribution < -0.4 is 5.32 Å². The average molecular weight is 287 g/mol. The number of likely N-dealkylation sites (N-methyl/N-ethyl adjacent to an activating group) is 2. The molecule has 102 valence electrons. The SMILES string of the molecule is CNC(c1ccc(Cl)s1)C1(N(C)C)CCCCC1. The quantitative estimate of drug-likeness (QED) is 0.902. The molecular formula is C14H23ClN2S. The molecule has 1 saturated carbocycles. The minimum atomic E-state index is 0.237. The molecule has 2 nitrogen and oxygen atoms in total. The summed E-state index contributed by atoms with van der Waals surface area (Å²) in [5.74, 6) is 0. The van der Waals surface area contributed by atoms with Crippen molar-refractivity contribution < 1.29 is 0 Å². The number of rotatable bonds is 4. The van der Waals surface area contributed by atoms with E-state index >= 15 is 0 Å². The molecule has 1 aliphatic carbocycles. The molecule has 1 N–H and O–H groups in total. The zero-order valence-corrected chi connectivity index (χ0v) is 13.1. The molecule has 0 saturated heterocycles. The molecule has 18 heavy (non-hydrogen) atoms. The first-order valence-electron chi connectivity index (χ1n) is 6.70. The van der Waals surface area contributed by atoms with Crippen molar-refractivity contribution in [3.05, 3.63) is 21.3 Å². The van der Waals surface area contributed by atoms with E-state index in [4.69, 9.17) is 11.6 Å². The molecule has 1 atom stereocenters. The van der Waals surface area contributed by atoms with Crippen LogP contribution in [0.25, 0.3) is 0 Å². The molecule has 2 rings (SSSR count). The van der Waals surface area contributed by atoms with Crippen LogP contribution in [0.4, 0.5) is 0 Å². The van der Waals surface area contributed by atoms with Crippen molar-refractivity contribution in [3.8, 4) is 0 Å². The predicted octanol–water partition coefficient (Wildman–Crippen LogP) is 3.93. The highest BCUT2D eigenvalue weighted by Gasteiger charge is 2.42. The molecule has 1 heterocycles. The van der Waals surface area contributed by atoms with Gasteiger partial charge in [0.15, 0.2) is 0 Å². The molecule has 0 spiro atoms. The summed E-state index contributed by atoms with van der Waals surface area (Å²) >= 11 is 7.81. The van der Waals surface area contributed by atoms with Crippen LogP contribution in [0.3, 0.4) is 0 Å². The fraction of sp³-hybridized carbons (Fsp3) is 0.714. The first kappa shape index (κ1) is 14.3. The van der Waals surface area contributed by atoms with Gasteiger partial charge in [0.1, 0.15) is 0 Å². The van der Waals surface area contributed by atoms with Gasteiger partial charge in [0.2, 0.25) is 0 Å². The van der Waals surface area contributed by atoms with Crippen molar-refractivity contribution >= 4 is 22.9 Å². The number of nitrogens with zero attached hydrogens (tertiary/aromatic N) is 1. The van der Waals surface area contributed by atoms with Crippen molar-refractivity contribution in [2.75, 3.05) is 21.1 Å². The molecule has 1 aliphatic rings. The molecule has 1 aromatic rings. The second-order valence-corrected chi connectivity index (χ2v) is 7.17. The van der Waals surface area contributed by atoms with Gasteiger partial charge in [-0.05, 0) is 46.1 Å². The Kier molecular flexibility index (Phi) is 4.70. The van der Waals surface area contributed by atoms with Gasteiger partial charge in [0.25, 0.3) is 0 Å². The van der Waals surface area contributed by atoms with E-state index in [0.29, 0.717) is 6.04 Å². The van der Waals surface area contributed by atoms with Gasteiger partial charge in [-0.1, -0.05) is 30.9 Å². The Hall–Kier alpha value is -0.0900. The maximum atomic E-state index is 6.10. The lowest BCUT2D eigenvalue weighted by atomic mass is 9.75. The summed E-state index contributed by atoms with van der Waals surface area (Å²) in [4.78, 5) is 3.78. The fourth-order valence-electron chi connectivity index (χ4n) is 3.32. The van der Waals surface area contributed by atoms with Crippen molar-refractivity contribution in [2.24, 2.45) is 0 Å². The highest BCUT2D eigenvalue weighted by molar-refractivity contribution is 7.16. The van der Waals surface area contributed by atoms with Gasteiger partial charge in [-0.25, -0.2) is 0 Å². The van der Waals surface area contributed by atoms with Crippen LogP contribution in [-0.2, 0) is 0 Å². The Morgan fingerprint density at radius 1 is 1.28 bits per heavy atom. The lowest BCUT2D eigenvalue weighted by Crippen LogP contribution is -2.54. The Bertz CT molecular complexity index is 383. The van der Waals surface area contributed by atoms with Crippen molar-refractivity contribution in [2.45, 2.75) is 43.7 Å². The van der Waals surface area contributed by atoms with E-state index in [1.54, 1.807) is 11.3 Å². The molecule has 0 aromatic carbocycles. The van der Waals surface area contributed by atoms with Crippen LogP contribution in [0.15, 0.2) is 12.1 Å². The number of hydrogen-bond donors (Lipinski definition) is 1. The maximum Gasteiger partial charge on any atom is 0.0931 e. The van der Waals surface area contributed by atoms with E-state index in [-0.39, 0.29) is 5.54 Å². The van der Waals surface area contributed by atoms with Crippen LogP contribution in [-0.4, -0.2) is 31.6 Å². The van der Waals surface area contributed by atoms with E-state index in [2.05, 4.69) is 37.4 Å². The first-order valence-corrected chi connectivity index (χ1v) is 7.89. The van der Waals surface area contributed by atoms with E-state index in [9.17, 15) is 0 Å². The Balaban J connectivity index is 2.32. The van der Waals surface area contributed by atoms with Crippen molar-refractivity contribution in [1.82, 2.24) is 10.2 Å². The molecule has 0 radical (unpaired) electrons. The summed E-state index contributed by atoms with van der Waals surface area (Å²) < 4.78 is 0.884. The van der Waals surface area contributed by atoms with Gasteiger partial charge in [0, 0.05) is 10.4 Å². The molecule has 0 bridgehead atoms. The third-order valence-electron chi connectivity index (χ3n) is 4.31. The summed E-state index contributed by atoms with van der Waals surface area (Å²) in [6.45, 7) is 0. The van der Waals surface area contributed by atoms with Crippen LogP contribution in [0.1, 0.15) is 43.0 Å². The van der Waals surface area contributed by atoms with Crippen LogP contribution in [0.5, 0.6) is 0 Å². The largest absolute Gasteiger partial charge is 0.311 e. The zero-order chi connectivity index (χ0) is 13.2. The molecule has 4 heteroatoms. The van der Waals surface area contributed by atoms with Crippen LogP contribution in [0, 0.1) is 0 Å². The lowest BCUT2D eigenvalue weighted by molar-refractivity contribution is 0.0607. The lowest BCUT2D eigenvalue weighted by Gasteiger charge is -2.48. The third kappa shape index (κ3) is 2.60. The van der Waals surface area contributed by atoms with E-state index < -0.39 is 0 Å². The Morgan fingerprint density at radius 2 is 1.94 bits per heavy atom. The van der Waals surface area contributed by atoms with E-state index in [1.807, 2.05) is 6.07 Å². The van der Waals surface area contributed by atoms with Crippen LogP contribution >= 0.6 is 22.9 Å². The molecule has 1 fully saturated rings. The third-order valence-corrected chi connectivity index (χ3v) is 5.61. The van der Waals surface area contributed by atoms with Crippen LogP contribution in [0.2, 0.25) is 4.34 Å². The second kappa shape index (κ2) is 5.91. The minimum absolute atomic E-state index is 0.237. The standard InChI is InChI=1S/C14H23ClN2S/c1-16-13(11-7-8-12(15)18-11)14(17(2)3)9-5-4-6-10-14/h7-8,13,16H,4-6,9-10H2,1-3H3. The number of thiophene rings is 1. The molecular weight excluding hydrogens is 264 g/mol. The van der Waals surface area contributed by atoms with Crippen molar-refractivity contribution in [3.63, 3.8) is 0 Å². The van der Waals surface area contributed by atoms with Gasteiger partial charge >= 0.3 is 0 Å². The highest BCUT2D eigenvalue weighted by Crippen LogP contribution is 2.44. The van der Waals surface area contributed by atoms with Crippen molar-refractivity contribution in [1.29, 1.82) is 0 Å². The minimum Gasteiger partial charge on any atom is -0.311 e.